The second-order valence-electron chi connectivity index (χ2n) is 7.97. The van der Waals surface area contributed by atoms with Gasteiger partial charge in [-0.15, -0.1) is 0 Å². The zero-order valence-corrected chi connectivity index (χ0v) is 13.7. The predicted molar refractivity (Wildman–Crippen MR) is 87.5 cm³/mol. The van der Waals surface area contributed by atoms with Gasteiger partial charge in [0, 0.05) is 12.1 Å². The maximum absolute atomic E-state index is 10.0. The van der Waals surface area contributed by atoms with Crippen LogP contribution in [0.25, 0.3) is 0 Å². The van der Waals surface area contributed by atoms with Crippen LogP contribution in [0.5, 0.6) is 5.75 Å². The van der Waals surface area contributed by atoms with E-state index in [0.717, 1.165) is 24.3 Å². The van der Waals surface area contributed by atoms with Gasteiger partial charge >= 0.3 is 0 Å². The van der Waals surface area contributed by atoms with Crippen LogP contribution in [-0.4, -0.2) is 11.1 Å². The number of nitrogens with one attached hydrogen (secondary N) is 1. The Morgan fingerprint density at radius 2 is 1.86 bits per heavy atom. The number of hydrogen-bond acceptors (Lipinski definition) is 2. The van der Waals surface area contributed by atoms with Crippen LogP contribution in [-0.2, 0) is 6.42 Å². The van der Waals surface area contributed by atoms with Crippen molar-refractivity contribution in [2.45, 2.75) is 71.4 Å². The minimum absolute atomic E-state index is 0.373. The van der Waals surface area contributed by atoms with E-state index in [4.69, 9.17) is 0 Å². The van der Waals surface area contributed by atoms with Crippen LogP contribution < -0.4 is 5.32 Å². The van der Waals surface area contributed by atoms with Gasteiger partial charge in [0.05, 0.1) is 0 Å². The largest absolute Gasteiger partial charge is 0.508 e. The van der Waals surface area contributed by atoms with Crippen LogP contribution in [0.1, 0.15) is 70.0 Å². The van der Waals surface area contributed by atoms with E-state index >= 15 is 0 Å². The van der Waals surface area contributed by atoms with Gasteiger partial charge in [0.25, 0.3) is 0 Å². The SMILES string of the molecule is CC(C)(C)C1CCCCC1NC1CCc2c(O)cccc21. The molecule has 3 unspecified atom stereocenters. The summed E-state index contributed by atoms with van der Waals surface area (Å²) in [6.45, 7) is 7.14. The quantitative estimate of drug-likeness (QED) is 0.835. The number of phenolic OH excluding ortho intramolecular Hbond substituents is 1. The van der Waals surface area contributed by atoms with Gasteiger partial charge in [-0.2, -0.15) is 0 Å². The smallest absolute Gasteiger partial charge is 0.119 e. The number of aromatic hydroxyl groups is 1. The van der Waals surface area contributed by atoms with Gasteiger partial charge in [0.2, 0.25) is 0 Å². The first-order valence-electron chi connectivity index (χ1n) is 8.53. The lowest BCUT2D eigenvalue weighted by atomic mass is 9.69. The van der Waals surface area contributed by atoms with E-state index in [1.54, 1.807) is 0 Å². The second kappa shape index (κ2) is 5.64. The predicted octanol–water partition coefficient (Wildman–Crippen LogP) is 4.57. The molecule has 0 bridgehead atoms. The van der Waals surface area contributed by atoms with Crippen molar-refractivity contribution in [1.29, 1.82) is 0 Å². The normalized spacial score (nSPS) is 29.4. The van der Waals surface area contributed by atoms with Gasteiger partial charge in [-0.1, -0.05) is 45.7 Å². The summed E-state index contributed by atoms with van der Waals surface area (Å²) in [7, 11) is 0. The van der Waals surface area contributed by atoms with Crippen molar-refractivity contribution in [2.75, 3.05) is 0 Å². The van der Waals surface area contributed by atoms with Crippen molar-refractivity contribution in [3.63, 3.8) is 0 Å². The highest BCUT2D eigenvalue weighted by molar-refractivity contribution is 5.44. The zero-order chi connectivity index (χ0) is 15.0. The second-order valence-corrected chi connectivity index (χ2v) is 7.97. The molecule has 3 rings (SSSR count). The molecule has 21 heavy (non-hydrogen) atoms. The van der Waals surface area contributed by atoms with Crippen molar-refractivity contribution < 1.29 is 5.11 Å². The average molecular weight is 287 g/mol. The number of rotatable bonds is 2. The molecule has 1 fully saturated rings. The first-order chi connectivity index (χ1) is 9.97. The first kappa shape index (κ1) is 14.9. The molecule has 1 aromatic carbocycles. The Labute approximate surface area is 129 Å². The van der Waals surface area contributed by atoms with Crippen molar-refractivity contribution in [3.05, 3.63) is 29.3 Å². The molecule has 0 radical (unpaired) electrons. The number of phenols is 1. The molecular weight excluding hydrogens is 258 g/mol. The molecule has 3 atom stereocenters. The van der Waals surface area contributed by atoms with Gasteiger partial charge < -0.3 is 10.4 Å². The maximum atomic E-state index is 10.0. The summed E-state index contributed by atoms with van der Waals surface area (Å²) in [5.74, 6) is 1.24. The highest BCUT2D eigenvalue weighted by Crippen LogP contribution is 2.41. The number of benzene rings is 1. The van der Waals surface area contributed by atoms with E-state index in [2.05, 4.69) is 32.2 Å². The lowest BCUT2D eigenvalue weighted by Crippen LogP contribution is -2.45. The molecule has 2 heteroatoms. The first-order valence-corrected chi connectivity index (χ1v) is 8.53. The van der Waals surface area contributed by atoms with Gasteiger partial charge in [-0.05, 0) is 54.2 Å². The molecule has 2 aliphatic rings. The summed E-state index contributed by atoms with van der Waals surface area (Å²) < 4.78 is 0. The minimum atomic E-state index is 0.373. The fraction of sp³-hybridized carbons (Fsp3) is 0.684. The maximum Gasteiger partial charge on any atom is 0.119 e. The molecule has 1 saturated carbocycles. The van der Waals surface area contributed by atoms with E-state index < -0.39 is 0 Å². The van der Waals surface area contributed by atoms with E-state index in [-0.39, 0.29) is 0 Å². The van der Waals surface area contributed by atoms with Crippen LogP contribution in [0.2, 0.25) is 0 Å². The molecule has 0 aromatic heterocycles. The van der Waals surface area contributed by atoms with Gasteiger partial charge in [-0.25, -0.2) is 0 Å². The molecule has 1 aromatic rings. The van der Waals surface area contributed by atoms with Crippen molar-refractivity contribution in [1.82, 2.24) is 5.32 Å². The van der Waals surface area contributed by atoms with Crippen LogP contribution >= 0.6 is 0 Å². The number of hydrogen-bond donors (Lipinski definition) is 2. The summed E-state index contributed by atoms with van der Waals surface area (Å²) in [4.78, 5) is 0. The van der Waals surface area contributed by atoms with Gasteiger partial charge in [0.15, 0.2) is 0 Å². The topological polar surface area (TPSA) is 32.3 Å². The zero-order valence-electron chi connectivity index (χ0n) is 13.7. The van der Waals surface area contributed by atoms with E-state index in [1.807, 2.05) is 12.1 Å². The van der Waals surface area contributed by atoms with E-state index in [0.29, 0.717) is 23.2 Å². The molecule has 2 N–H and O–H groups in total. The van der Waals surface area contributed by atoms with Gasteiger partial charge in [0.1, 0.15) is 5.75 Å². The van der Waals surface area contributed by atoms with Crippen LogP contribution in [0.3, 0.4) is 0 Å². The fourth-order valence-corrected chi connectivity index (χ4v) is 4.43. The summed E-state index contributed by atoms with van der Waals surface area (Å²) in [6, 6.07) is 7.04. The molecule has 0 heterocycles. The highest BCUT2D eigenvalue weighted by atomic mass is 16.3. The third-order valence-electron chi connectivity index (χ3n) is 5.54. The Morgan fingerprint density at radius 1 is 1.10 bits per heavy atom. The molecule has 0 saturated heterocycles. The Kier molecular flexibility index (Phi) is 4.00. The third-order valence-corrected chi connectivity index (χ3v) is 5.54. The molecule has 0 aliphatic heterocycles. The molecule has 0 amide bonds. The van der Waals surface area contributed by atoms with E-state index in [1.165, 1.54) is 31.2 Å². The molecule has 2 aliphatic carbocycles. The monoisotopic (exact) mass is 287 g/mol. The number of fused-ring (bicyclic) bond motifs is 1. The molecule has 0 spiro atoms. The highest BCUT2D eigenvalue weighted by Gasteiger charge is 2.36. The Bertz CT molecular complexity index is 503. The lowest BCUT2D eigenvalue weighted by Gasteiger charge is -2.42. The summed E-state index contributed by atoms with van der Waals surface area (Å²) in [5, 5.41) is 14.0. The van der Waals surface area contributed by atoms with Crippen LogP contribution in [0.4, 0.5) is 0 Å². The van der Waals surface area contributed by atoms with Crippen LogP contribution in [0, 0.1) is 11.3 Å². The Balaban J connectivity index is 1.77. The summed E-state index contributed by atoms with van der Waals surface area (Å²) in [6.07, 6.45) is 7.51. The lowest BCUT2D eigenvalue weighted by molar-refractivity contribution is 0.123. The summed E-state index contributed by atoms with van der Waals surface area (Å²) in [5.41, 5.74) is 2.87. The molecule has 116 valence electrons. The van der Waals surface area contributed by atoms with E-state index in [9.17, 15) is 5.11 Å². The fourth-order valence-electron chi connectivity index (χ4n) is 4.43. The van der Waals surface area contributed by atoms with Crippen molar-refractivity contribution >= 4 is 0 Å². The van der Waals surface area contributed by atoms with Crippen LogP contribution in [0.15, 0.2) is 18.2 Å². The minimum Gasteiger partial charge on any atom is -0.508 e. The van der Waals surface area contributed by atoms with Crippen molar-refractivity contribution in [2.24, 2.45) is 11.3 Å². The van der Waals surface area contributed by atoms with Crippen molar-refractivity contribution in [3.8, 4) is 5.75 Å². The standard InChI is InChI=1S/C19H29NO/c1-19(2,3)15-8-4-5-9-17(15)20-16-12-11-14-13(16)7-6-10-18(14)21/h6-7,10,15-17,20-21H,4-5,8-9,11-12H2,1-3H3. The molecule has 2 nitrogen and oxygen atoms in total. The molecular formula is C19H29NO. The Morgan fingerprint density at radius 3 is 2.62 bits per heavy atom. The third kappa shape index (κ3) is 2.96. The summed E-state index contributed by atoms with van der Waals surface area (Å²) >= 11 is 0. The van der Waals surface area contributed by atoms with Gasteiger partial charge in [-0.3, -0.25) is 0 Å². The Hall–Kier alpha value is -1.02. The average Bonchev–Trinajstić information content (AvgIpc) is 2.83.